The van der Waals surface area contributed by atoms with E-state index in [0.717, 1.165) is 21.9 Å². The molecular formula is C13H10Cl2N2S. The molecule has 0 fully saturated rings. The molecule has 0 radical (unpaired) electrons. The highest BCUT2D eigenvalue weighted by molar-refractivity contribution is 7.13. The van der Waals surface area contributed by atoms with Crippen LogP contribution >= 0.6 is 34.5 Å². The molecule has 18 heavy (non-hydrogen) atoms. The number of aromatic nitrogens is 2. The summed E-state index contributed by atoms with van der Waals surface area (Å²) in [5.41, 5.74) is 2.79. The molecule has 0 saturated heterocycles. The maximum atomic E-state index is 6.30. The van der Waals surface area contributed by atoms with Crippen LogP contribution in [0.15, 0.2) is 35.8 Å². The number of imidazole rings is 1. The number of nitrogens with zero attached hydrogens (tertiary/aromatic N) is 2. The maximum Gasteiger partial charge on any atom is 0.137 e. The summed E-state index contributed by atoms with van der Waals surface area (Å²) in [4.78, 5) is 5.77. The van der Waals surface area contributed by atoms with Gasteiger partial charge >= 0.3 is 0 Å². The van der Waals surface area contributed by atoms with Crippen LogP contribution in [0.1, 0.15) is 18.0 Å². The third-order valence-electron chi connectivity index (χ3n) is 2.75. The lowest BCUT2D eigenvalue weighted by atomic mass is 10.2. The van der Waals surface area contributed by atoms with Crippen molar-refractivity contribution in [1.82, 2.24) is 9.38 Å². The Hall–Kier alpha value is -1.03. The first-order valence-electron chi connectivity index (χ1n) is 5.52. The molecule has 0 saturated carbocycles. The number of thiophene rings is 1. The van der Waals surface area contributed by atoms with Gasteiger partial charge in [-0.15, -0.1) is 22.9 Å². The van der Waals surface area contributed by atoms with Crippen molar-refractivity contribution in [3.05, 3.63) is 46.6 Å². The van der Waals surface area contributed by atoms with E-state index in [1.807, 2.05) is 41.1 Å². The van der Waals surface area contributed by atoms with E-state index in [4.69, 9.17) is 23.2 Å². The molecule has 0 N–H and O–H groups in total. The average Bonchev–Trinajstić information content (AvgIpc) is 2.94. The van der Waals surface area contributed by atoms with Gasteiger partial charge in [0, 0.05) is 6.20 Å². The third-order valence-corrected chi connectivity index (χ3v) is 4.06. The molecule has 5 heteroatoms. The highest BCUT2D eigenvalue weighted by Crippen LogP contribution is 2.34. The van der Waals surface area contributed by atoms with Crippen LogP contribution in [0, 0.1) is 0 Å². The monoisotopic (exact) mass is 296 g/mol. The van der Waals surface area contributed by atoms with Crippen LogP contribution in [0.2, 0.25) is 5.02 Å². The molecule has 0 bridgehead atoms. The fourth-order valence-corrected chi connectivity index (χ4v) is 3.10. The van der Waals surface area contributed by atoms with Gasteiger partial charge in [-0.05, 0) is 30.5 Å². The topological polar surface area (TPSA) is 17.3 Å². The summed E-state index contributed by atoms with van der Waals surface area (Å²) in [5, 5.41) is 2.58. The van der Waals surface area contributed by atoms with Crippen molar-refractivity contribution in [1.29, 1.82) is 0 Å². The second kappa shape index (κ2) is 4.57. The van der Waals surface area contributed by atoms with Gasteiger partial charge in [-0.1, -0.05) is 17.7 Å². The van der Waals surface area contributed by atoms with Crippen molar-refractivity contribution in [2.45, 2.75) is 12.3 Å². The first kappa shape index (κ1) is 12.0. The van der Waals surface area contributed by atoms with Crippen LogP contribution in [0.3, 0.4) is 0 Å². The minimum absolute atomic E-state index is 0.129. The lowest BCUT2D eigenvalue weighted by molar-refractivity contribution is 0.966. The molecule has 0 aliphatic carbocycles. The number of halogens is 2. The zero-order valence-corrected chi connectivity index (χ0v) is 11.9. The van der Waals surface area contributed by atoms with Gasteiger partial charge in [0.25, 0.3) is 0 Å². The summed E-state index contributed by atoms with van der Waals surface area (Å²) in [6.07, 6.45) is 1.86. The van der Waals surface area contributed by atoms with E-state index in [9.17, 15) is 0 Å². The lowest BCUT2D eigenvalue weighted by Crippen LogP contribution is -1.94. The Balaban J connectivity index is 2.35. The second-order valence-corrected chi connectivity index (χ2v) is 6.05. The summed E-state index contributed by atoms with van der Waals surface area (Å²) in [6.45, 7) is 1.95. The van der Waals surface area contributed by atoms with Gasteiger partial charge in [0.05, 0.1) is 21.0 Å². The normalized spacial score (nSPS) is 13.1. The Kier molecular flexibility index (Phi) is 3.06. The minimum atomic E-state index is -0.129. The number of alkyl halides is 1. The van der Waals surface area contributed by atoms with Gasteiger partial charge in [-0.25, -0.2) is 4.98 Å². The first-order chi connectivity index (χ1) is 8.66. The van der Waals surface area contributed by atoms with E-state index in [-0.39, 0.29) is 5.38 Å². The molecule has 0 aliphatic heterocycles. The molecule has 0 spiro atoms. The van der Waals surface area contributed by atoms with Crippen LogP contribution in [0.25, 0.3) is 16.2 Å². The number of rotatable bonds is 2. The average molecular weight is 297 g/mol. The van der Waals surface area contributed by atoms with E-state index >= 15 is 0 Å². The van der Waals surface area contributed by atoms with Crippen molar-refractivity contribution < 1.29 is 0 Å². The van der Waals surface area contributed by atoms with Crippen LogP contribution in [-0.4, -0.2) is 9.38 Å². The molecule has 2 nitrogen and oxygen atoms in total. The number of hydrogen-bond donors (Lipinski definition) is 0. The van der Waals surface area contributed by atoms with Crippen molar-refractivity contribution in [3.8, 4) is 10.6 Å². The molecule has 0 amide bonds. The molecule has 3 heterocycles. The number of pyridine rings is 1. The quantitative estimate of drug-likeness (QED) is 0.607. The first-order valence-corrected chi connectivity index (χ1v) is 7.21. The second-order valence-electron chi connectivity index (χ2n) is 4.01. The fourth-order valence-electron chi connectivity index (χ4n) is 2.01. The largest absolute Gasteiger partial charge is 0.300 e. The molecule has 1 unspecified atom stereocenters. The maximum absolute atomic E-state index is 6.30. The number of hydrogen-bond acceptors (Lipinski definition) is 2. The predicted molar refractivity (Wildman–Crippen MR) is 77.8 cm³/mol. The van der Waals surface area contributed by atoms with E-state index in [1.54, 1.807) is 11.3 Å². The van der Waals surface area contributed by atoms with E-state index < -0.39 is 0 Å². The molecule has 0 aromatic carbocycles. The lowest BCUT2D eigenvalue weighted by Gasteiger charge is -2.06. The molecule has 1 atom stereocenters. The summed E-state index contributed by atoms with van der Waals surface area (Å²) < 4.78 is 1.97. The van der Waals surface area contributed by atoms with Crippen LogP contribution in [-0.2, 0) is 0 Å². The SMILES string of the molecule is CC(Cl)c1c(-c2cccs2)nc2ccc(Cl)cn12. The third kappa shape index (κ3) is 1.92. The number of fused-ring (bicyclic) bond motifs is 1. The Morgan fingerprint density at radius 1 is 1.33 bits per heavy atom. The van der Waals surface area contributed by atoms with Gasteiger partial charge < -0.3 is 4.40 Å². The van der Waals surface area contributed by atoms with Gasteiger partial charge in [0.2, 0.25) is 0 Å². The standard InChI is InChI=1S/C13H10Cl2N2S/c1-8(14)13-12(10-3-2-6-18-10)16-11-5-4-9(15)7-17(11)13/h2-8H,1H3. The Bertz CT molecular complexity index is 686. The van der Waals surface area contributed by atoms with Crippen molar-refractivity contribution >= 4 is 40.2 Å². The summed E-state index contributed by atoms with van der Waals surface area (Å²) in [5.74, 6) is 0. The Morgan fingerprint density at radius 2 is 2.17 bits per heavy atom. The molecule has 92 valence electrons. The summed E-state index contributed by atoms with van der Waals surface area (Å²) in [7, 11) is 0. The van der Waals surface area contributed by atoms with Gasteiger partial charge in [0.15, 0.2) is 0 Å². The molecule has 0 aliphatic rings. The van der Waals surface area contributed by atoms with Gasteiger partial charge in [-0.3, -0.25) is 0 Å². The summed E-state index contributed by atoms with van der Waals surface area (Å²) >= 11 is 14.0. The van der Waals surface area contributed by atoms with Crippen molar-refractivity contribution in [2.24, 2.45) is 0 Å². The molecule has 3 aromatic rings. The molecular weight excluding hydrogens is 287 g/mol. The molecule has 3 rings (SSSR count). The highest BCUT2D eigenvalue weighted by Gasteiger charge is 2.18. The Labute approximate surface area is 119 Å². The Morgan fingerprint density at radius 3 is 2.83 bits per heavy atom. The van der Waals surface area contributed by atoms with Crippen LogP contribution in [0.4, 0.5) is 0 Å². The van der Waals surface area contributed by atoms with Crippen LogP contribution < -0.4 is 0 Å². The zero-order chi connectivity index (χ0) is 12.7. The van der Waals surface area contributed by atoms with E-state index in [2.05, 4.69) is 11.1 Å². The van der Waals surface area contributed by atoms with Crippen molar-refractivity contribution in [3.63, 3.8) is 0 Å². The van der Waals surface area contributed by atoms with Crippen LogP contribution in [0.5, 0.6) is 0 Å². The smallest absolute Gasteiger partial charge is 0.137 e. The summed E-state index contributed by atoms with van der Waals surface area (Å²) in [6, 6.07) is 7.81. The highest BCUT2D eigenvalue weighted by atomic mass is 35.5. The van der Waals surface area contributed by atoms with E-state index in [1.165, 1.54) is 0 Å². The van der Waals surface area contributed by atoms with Gasteiger partial charge in [-0.2, -0.15) is 0 Å². The fraction of sp³-hybridized carbons (Fsp3) is 0.154. The van der Waals surface area contributed by atoms with Crippen molar-refractivity contribution in [2.75, 3.05) is 0 Å². The van der Waals surface area contributed by atoms with E-state index in [0.29, 0.717) is 5.02 Å². The predicted octanol–water partition coefficient (Wildman–Crippen LogP) is 5.02. The zero-order valence-electron chi connectivity index (χ0n) is 9.60. The minimum Gasteiger partial charge on any atom is -0.300 e. The molecule has 3 aromatic heterocycles. The van der Waals surface area contributed by atoms with Gasteiger partial charge in [0.1, 0.15) is 11.3 Å².